The van der Waals surface area contributed by atoms with E-state index in [0.29, 0.717) is 19.6 Å². The lowest BCUT2D eigenvalue weighted by Gasteiger charge is -2.46. The first-order chi connectivity index (χ1) is 29.3. The molecule has 7 aromatic rings. The molecule has 4 aliphatic rings. The number of fused-ring (bicyclic) bond motifs is 8. The van der Waals surface area contributed by atoms with Crippen LogP contribution < -0.4 is 30.5 Å². The molecule has 0 aliphatic carbocycles. The van der Waals surface area contributed by atoms with E-state index in [1.807, 2.05) is 48.5 Å². The first-order valence-electron chi connectivity index (χ1n) is 21.3. The average Bonchev–Trinajstić information content (AvgIpc) is 3.25. The van der Waals surface area contributed by atoms with Crippen molar-refractivity contribution in [3.05, 3.63) is 168 Å². The quantitative estimate of drug-likeness (QED) is 0.161. The maximum atomic E-state index is 14.2. The van der Waals surface area contributed by atoms with Gasteiger partial charge >= 0.3 is 0 Å². The van der Waals surface area contributed by atoms with Gasteiger partial charge in [-0.05, 0) is 116 Å². The minimum atomic E-state index is -3.73. The Balaban J connectivity index is 1.16. The molecule has 0 aromatic heterocycles. The zero-order chi connectivity index (χ0) is 43.5. The SMILES string of the molecule is CC1(C)c2ccccc2S(=O)(=O)c2ccc(N3c4ccccc4[Si](C)(C)c4cc5c(cc43)[Si](C)(C)c3ccccc3N5c3ccc4c(c3)C(C)(C)c3ccccc3S4(=O)=O)cc21. The Labute approximate surface area is 367 Å². The molecule has 310 valence electrons. The van der Waals surface area contributed by atoms with Gasteiger partial charge in [0.2, 0.25) is 19.7 Å². The standard InChI is InChI=1S/C52H48N2O4S2Si2/c1-51(2)35-17-9-13-21-43(35)59(55,56)45-27-25-33(29-37(45)51)53-39-19-11-15-23-47(39)61(5,6)49-32-42-50(31-41(49)53)62(7,8)48-24-16-12-20-40(48)54(42)34-26-28-46-38(30-34)52(3,4)36-18-10-14-22-44(36)60(46,57)58/h9-32H,1-8H3. The van der Waals surface area contributed by atoms with Crippen LogP contribution >= 0.6 is 0 Å². The largest absolute Gasteiger partial charge is 0.311 e. The molecule has 0 fully saturated rings. The van der Waals surface area contributed by atoms with Crippen LogP contribution in [-0.4, -0.2) is 33.0 Å². The fourth-order valence-corrected chi connectivity index (χ4v) is 21.0. The maximum Gasteiger partial charge on any atom is 0.207 e. The lowest BCUT2D eigenvalue weighted by molar-refractivity contribution is 0.555. The zero-order valence-electron chi connectivity index (χ0n) is 36.2. The lowest BCUT2D eigenvalue weighted by atomic mass is 9.77. The topological polar surface area (TPSA) is 74.8 Å². The highest BCUT2D eigenvalue weighted by Gasteiger charge is 2.47. The van der Waals surface area contributed by atoms with Crippen molar-refractivity contribution in [1.29, 1.82) is 0 Å². The van der Waals surface area contributed by atoms with Crippen molar-refractivity contribution in [1.82, 2.24) is 0 Å². The van der Waals surface area contributed by atoms with E-state index in [2.05, 4.69) is 136 Å². The molecule has 11 rings (SSSR count). The second-order valence-corrected chi connectivity index (χ2v) is 31.9. The van der Waals surface area contributed by atoms with Crippen molar-refractivity contribution < 1.29 is 16.8 Å². The number of benzene rings is 7. The molecule has 0 atom stereocenters. The molecule has 0 amide bonds. The van der Waals surface area contributed by atoms with E-state index in [-0.39, 0.29) is 0 Å². The van der Waals surface area contributed by atoms with Crippen LogP contribution in [0.1, 0.15) is 49.9 Å². The molecule has 10 heteroatoms. The Hall–Kier alpha value is -5.53. The molecule has 6 nitrogen and oxygen atoms in total. The molecular weight excluding hydrogens is 837 g/mol. The van der Waals surface area contributed by atoms with Gasteiger partial charge in [0.1, 0.15) is 16.1 Å². The molecule has 62 heavy (non-hydrogen) atoms. The highest BCUT2D eigenvalue weighted by molar-refractivity contribution is 7.92. The van der Waals surface area contributed by atoms with Crippen molar-refractivity contribution in [3.63, 3.8) is 0 Å². The third kappa shape index (κ3) is 5.00. The highest BCUT2D eigenvalue weighted by atomic mass is 32.2. The van der Waals surface area contributed by atoms with E-state index in [1.54, 1.807) is 24.3 Å². The number of hydrogen-bond acceptors (Lipinski definition) is 6. The summed E-state index contributed by atoms with van der Waals surface area (Å²) >= 11 is 0. The van der Waals surface area contributed by atoms with Crippen LogP contribution in [0.25, 0.3) is 0 Å². The van der Waals surface area contributed by atoms with Gasteiger partial charge in [-0.1, -0.05) is 127 Å². The van der Waals surface area contributed by atoms with Crippen LogP contribution in [0.4, 0.5) is 34.1 Å². The summed E-state index contributed by atoms with van der Waals surface area (Å²) < 4.78 is 56.8. The minimum absolute atomic E-state index is 0.362. The number of anilines is 6. The van der Waals surface area contributed by atoms with Gasteiger partial charge in [0.25, 0.3) is 0 Å². The molecule has 0 radical (unpaired) electrons. The number of sulfone groups is 2. The van der Waals surface area contributed by atoms with Crippen LogP contribution in [0.3, 0.4) is 0 Å². The van der Waals surface area contributed by atoms with E-state index >= 15 is 0 Å². The molecule has 0 saturated heterocycles. The summed E-state index contributed by atoms with van der Waals surface area (Å²) in [5.74, 6) is 0. The van der Waals surface area contributed by atoms with Crippen molar-refractivity contribution in [2.75, 3.05) is 9.80 Å². The van der Waals surface area contributed by atoms with Gasteiger partial charge in [0, 0.05) is 45.0 Å². The van der Waals surface area contributed by atoms with Gasteiger partial charge in [-0.15, -0.1) is 0 Å². The summed E-state index contributed by atoms with van der Waals surface area (Å²) in [6, 6.07) is 49.1. The number of para-hydroxylation sites is 2. The molecule has 4 heterocycles. The molecule has 7 aromatic carbocycles. The Bertz CT molecular complexity index is 3150. The van der Waals surface area contributed by atoms with Crippen LogP contribution in [0.15, 0.2) is 165 Å². The van der Waals surface area contributed by atoms with E-state index in [9.17, 15) is 16.8 Å². The molecule has 0 unspecified atom stereocenters. The molecule has 0 bridgehead atoms. The second kappa shape index (κ2) is 12.6. The van der Waals surface area contributed by atoms with Crippen molar-refractivity contribution in [3.8, 4) is 0 Å². The molecule has 4 aliphatic heterocycles. The van der Waals surface area contributed by atoms with Crippen molar-refractivity contribution in [2.24, 2.45) is 0 Å². The number of rotatable bonds is 2. The Kier molecular flexibility index (Phi) is 7.97. The first-order valence-corrected chi connectivity index (χ1v) is 30.2. The Morgan fingerprint density at radius 1 is 0.371 bits per heavy atom. The summed E-state index contributed by atoms with van der Waals surface area (Å²) in [7, 11) is -12.2. The normalized spacial score (nSPS) is 19.3. The van der Waals surface area contributed by atoms with Crippen molar-refractivity contribution in [2.45, 2.75) is 84.3 Å². The maximum absolute atomic E-state index is 14.2. The smallest absolute Gasteiger partial charge is 0.207 e. The predicted molar refractivity (Wildman–Crippen MR) is 257 cm³/mol. The minimum Gasteiger partial charge on any atom is -0.311 e. The summed E-state index contributed by atoms with van der Waals surface area (Å²) in [6.07, 6.45) is 0. The molecule has 0 N–H and O–H groups in total. The van der Waals surface area contributed by atoms with Crippen LogP contribution in [0.2, 0.25) is 26.2 Å². The zero-order valence-corrected chi connectivity index (χ0v) is 39.8. The third-order valence-electron chi connectivity index (χ3n) is 14.6. The third-order valence-corrected chi connectivity index (χ3v) is 25.4. The lowest BCUT2D eigenvalue weighted by Crippen LogP contribution is -2.62. The number of nitrogens with zero attached hydrogens (tertiary/aromatic N) is 2. The summed E-state index contributed by atoms with van der Waals surface area (Å²) in [4.78, 5) is 6.24. The number of hydrogen-bond donors (Lipinski definition) is 0. The predicted octanol–water partition coefficient (Wildman–Crippen LogP) is 9.84. The van der Waals surface area contributed by atoms with Gasteiger partial charge in [-0.25, -0.2) is 16.8 Å². The van der Waals surface area contributed by atoms with Gasteiger partial charge in [0.05, 0.1) is 19.6 Å². The first kappa shape index (κ1) is 39.3. The summed E-state index contributed by atoms with van der Waals surface area (Å²) in [6.45, 7) is 18.2. The summed E-state index contributed by atoms with van der Waals surface area (Å²) in [5.41, 5.74) is 8.46. The van der Waals surface area contributed by atoms with E-state index in [4.69, 9.17) is 0 Å². The second-order valence-electron chi connectivity index (χ2n) is 19.5. The van der Waals surface area contributed by atoms with Gasteiger partial charge in [-0.3, -0.25) is 0 Å². The van der Waals surface area contributed by atoms with Crippen LogP contribution in [-0.2, 0) is 30.5 Å². The average molecular weight is 885 g/mol. The Morgan fingerprint density at radius 3 is 1.11 bits per heavy atom. The van der Waals surface area contributed by atoms with Crippen LogP contribution in [0.5, 0.6) is 0 Å². The molecule has 0 saturated carbocycles. The van der Waals surface area contributed by atoms with Crippen molar-refractivity contribution >= 4 is 90.7 Å². The fourth-order valence-electron chi connectivity index (χ4n) is 11.2. The molecule has 0 spiro atoms. The monoisotopic (exact) mass is 884 g/mol. The molecular formula is C52H48N2O4S2Si2. The van der Waals surface area contributed by atoms with Gasteiger partial charge in [0.15, 0.2) is 0 Å². The van der Waals surface area contributed by atoms with Gasteiger partial charge < -0.3 is 9.80 Å². The van der Waals surface area contributed by atoms with Gasteiger partial charge in [-0.2, -0.15) is 0 Å². The van der Waals surface area contributed by atoms with E-state index in [1.165, 1.54) is 20.7 Å². The Morgan fingerprint density at radius 2 is 0.710 bits per heavy atom. The highest BCUT2D eigenvalue weighted by Crippen LogP contribution is 2.51. The van der Waals surface area contributed by atoms with E-state index in [0.717, 1.165) is 56.4 Å². The fraction of sp³-hybridized carbons (Fsp3) is 0.192. The summed E-state index contributed by atoms with van der Waals surface area (Å²) in [5, 5.41) is 5.19. The van der Waals surface area contributed by atoms with E-state index < -0.39 is 46.7 Å². The van der Waals surface area contributed by atoms with Crippen LogP contribution in [0, 0.1) is 0 Å².